The second-order valence-electron chi connectivity index (χ2n) is 11.3. The number of aliphatic imine (C=N–C) groups is 1. The molecule has 0 radical (unpaired) electrons. The first-order chi connectivity index (χ1) is 18.6. The maximum atomic E-state index is 11.8. The number of aromatic nitrogens is 3. The molecule has 206 valence electrons. The molecule has 0 spiro atoms. The van der Waals surface area contributed by atoms with Crippen LogP contribution in [-0.4, -0.2) is 82.1 Å². The molecule has 0 bridgehead atoms. The summed E-state index contributed by atoms with van der Waals surface area (Å²) >= 11 is 0. The predicted octanol–water partition coefficient (Wildman–Crippen LogP) is 1.47. The van der Waals surface area contributed by atoms with E-state index in [1.165, 1.54) is 0 Å². The van der Waals surface area contributed by atoms with E-state index in [1.54, 1.807) is 4.68 Å². The summed E-state index contributed by atoms with van der Waals surface area (Å²) in [5.74, 6) is 1.22. The Labute approximate surface area is 226 Å². The zero-order valence-corrected chi connectivity index (χ0v) is 22.9. The van der Waals surface area contributed by atoms with Crippen LogP contribution in [0.25, 0.3) is 16.6 Å². The molecule has 4 aliphatic rings. The topological polar surface area (TPSA) is 135 Å². The summed E-state index contributed by atoms with van der Waals surface area (Å²) in [5.41, 5.74) is 2.24. The van der Waals surface area contributed by atoms with E-state index in [9.17, 15) is 9.59 Å². The van der Waals surface area contributed by atoms with E-state index >= 15 is 0 Å². The molecule has 5 atom stereocenters. The van der Waals surface area contributed by atoms with Crippen LogP contribution in [-0.2, 0) is 21.4 Å². The number of fused-ring (bicyclic) bond motifs is 2. The Bertz CT molecular complexity index is 1440. The highest BCUT2D eigenvalue weighted by Gasteiger charge is 2.46. The number of amides is 2. The van der Waals surface area contributed by atoms with E-state index in [-0.39, 0.29) is 35.9 Å². The SMILES string of the molecule is C[C@@H](OC1=NC(c2cc3nn(C)cc3c(O[C@H](C)[C@@H]3CNC(=O)C3)n2)=CC2=NN(C)CC21C)[C@H]1CNC(=O)C1. The van der Waals surface area contributed by atoms with Gasteiger partial charge in [-0.15, -0.1) is 0 Å². The van der Waals surface area contributed by atoms with Crippen LogP contribution in [0.4, 0.5) is 0 Å². The van der Waals surface area contributed by atoms with Crippen LogP contribution in [0.15, 0.2) is 28.4 Å². The van der Waals surface area contributed by atoms with Crippen molar-refractivity contribution in [3.05, 3.63) is 24.0 Å². The Morgan fingerprint density at radius 3 is 2.36 bits per heavy atom. The monoisotopic (exact) mass is 534 g/mol. The number of allylic oxidation sites excluding steroid dienone is 1. The minimum absolute atomic E-state index is 0.0373. The Hall–Kier alpha value is -3.96. The summed E-state index contributed by atoms with van der Waals surface area (Å²) in [6, 6.07) is 1.89. The lowest BCUT2D eigenvalue weighted by Crippen LogP contribution is -2.43. The van der Waals surface area contributed by atoms with Crippen LogP contribution in [0.5, 0.6) is 5.88 Å². The van der Waals surface area contributed by atoms with Gasteiger partial charge in [-0.1, -0.05) is 0 Å². The molecule has 2 aromatic heterocycles. The van der Waals surface area contributed by atoms with E-state index < -0.39 is 5.41 Å². The van der Waals surface area contributed by atoms with Gasteiger partial charge in [0, 0.05) is 58.1 Å². The van der Waals surface area contributed by atoms with E-state index in [0.29, 0.717) is 55.6 Å². The number of ether oxygens (including phenoxy) is 2. The Morgan fingerprint density at radius 1 is 1.05 bits per heavy atom. The fourth-order valence-corrected chi connectivity index (χ4v) is 5.71. The lowest BCUT2D eigenvalue weighted by molar-refractivity contribution is -0.120. The summed E-state index contributed by atoms with van der Waals surface area (Å²) in [6.07, 6.45) is 4.26. The molecule has 12 heteroatoms. The van der Waals surface area contributed by atoms with Gasteiger partial charge in [-0.25, -0.2) is 9.98 Å². The van der Waals surface area contributed by atoms with Crippen LogP contribution in [0.2, 0.25) is 0 Å². The summed E-state index contributed by atoms with van der Waals surface area (Å²) in [7, 11) is 3.79. The molecule has 4 aliphatic heterocycles. The smallest absolute Gasteiger partial charge is 0.225 e. The number of hydrazone groups is 1. The van der Waals surface area contributed by atoms with Crippen LogP contribution in [0.1, 0.15) is 39.3 Å². The lowest BCUT2D eigenvalue weighted by atomic mass is 9.82. The first kappa shape index (κ1) is 25.3. The number of nitrogens with zero attached hydrogens (tertiary/aromatic N) is 6. The van der Waals surface area contributed by atoms with Gasteiger partial charge in [0.25, 0.3) is 0 Å². The van der Waals surface area contributed by atoms with Gasteiger partial charge in [0.15, 0.2) is 0 Å². The quantitative estimate of drug-likeness (QED) is 0.573. The predicted molar refractivity (Wildman–Crippen MR) is 145 cm³/mol. The Morgan fingerprint density at radius 2 is 1.72 bits per heavy atom. The molecule has 6 rings (SSSR count). The minimum Gasteiger partial charge on any atom is -0.477 e. The number of hydrogen-bond donors (Lipinski definition) is 2. The molecule has 6 heterocycles. The van der Waals surface area contributed by atoms with Crippen LogP contribution in [0.3, 0.4) is 0 Å². The molecule has 0 saturated carbocycles. The van der Waals surface area contributed by atoms with Gasteiger partial charge in [0.1, 0.15) is 17.6 Å². The van der Waals surface area contributed by atoms with E-state index in [2.05, 4.69) is 22.7 Å². The van der Waals surface area contributed by atoms with Gasteiger partial charge in [-0.2, -0.15) is 10.2 Å². The van der Waals surface area contributed by atoms with Crippen LogP contribution < -0.4 is 15.4 Å². The van der Waals surface area contributed by atoms with Crippen molar-refractivity contribution in [2.24, 2.45) is 34.4 Å². The maximum absolute atomic E-state index is 11.8. The Balaban J connectivity index is 1.36. The molecule has 2 amide bonds. The molecule has 2 N–H and O–H groups in total. The van der Waals surface area contributed by atoms with Gasteiger partial charge in [0.05, 0.1) is 34.6 Å². The van der Waals surface area contributed by atoms with E-state index in [1.807, 2.05) is 51.3 Å². The molecule has 0 aromatic carbocycles. The van der Waals surface area contributed by atoms with Gasteiger partial charge in [0.2, 0.25) is 23.6 Å². The summed E-state index contributed by atoms with van der Waals surface area (Å²) in [4.78, 5) is 33.5. The van der Waals surface area contributed by atoms with E-state index in [0.717, 1.165) is 16.6 Å². The maximum Gasteiger partial charge on any atom is 0.225 e. The van der Waals surface area contributed by atoms with Crippen molar-refractivity contribution < 1.29 is 19.1 Å². The van der Waals surface area contributed by atoms with Crippen molar-refractivity contribution in [3.63, 3.8) is 0 Å². The highest BCUT2D eigenvalue weighted by molar-refractivity contribution is 6.20. The molecule has 1 unspecified atom stereocenters. The standard InChI is InChI=1S/C27H34N8O4/c1-14(16-6-23(36)28-10-16)38-25-18-12-34(4)32-19(18)8-20(30-25)21-9-22-27(3,13-35(5)33-22)26(31-21)39-15(2)17-7-24(37)29-11-17/h8-9,12,14-17H,6-7,10-11,13H2,1-5H3,(H,28,36)(H,29,37)/t14-,15-,16+,17-,27?/m1/s1. The fourth-order valence-electron chi connectivity index (χ4n) is 5.71. The zero-order valence-electron chi connectivity index (χ0n) is 22.9. The van der Waals surface area contributed by atoms with E-state index in [4.69, 9.17) is 24.6 Å². The number of aryl methyl sites for hydroxylation is 1. The fraction of sp³-hybridized carbons (Fsp3) is 0.556. The summed E-state index contributed by atoms with van der Waals surface area (Å²) in [6.45, 7) is 7.83. The van der Waals surface area contributed by atoms with Crippen LogP contribution >= 0.6 is 0 Å². The Kier molecular flexibility index (Phi) is 6.07. The minimum atomic E-state index is -0.520. The molecule has 0 aliphatic carbocycles. The third kappa shape index (κ3) is 4.61. The number of hydrogen-bond acceptors (Lipinski definition) is 9. The molecule has 2 fully saturated rings. The molecule has 12 nitrogen and oxygen atoms in total. The zero-order chi connectivity index (χ0) is 27.5. The average molecular weight is 535 g/mol. The largest absolute Gasteiger partial charge is 0.477 e. The number of carbonyl (C=O) groups excluding carboxylic acids is 2. The second kappa shape index (κ2) is 9.35. The molecular formula is C27H34N8O4. The van der Waals surface area contributed by atoms with Crippen molar-refractivity contribution in [1.29, 1.82) is 0 Å². The van der Waals surface area contributed by atoms with Gasteiger partial charge < -0.3 is 20.1 Å². The van der Waals surface area contributed by atoms with Crippen molar-refractivity contribution in [2.45, 2.75) is 45.8 Å². The van der Waals surface area contributed by atoms with Gasteiger partial charge in [-0.05, 0) is 32.9 Å². The molecule has 2 saturated heterocycles. The number of pyridine rings is 1. The normalized spacial score (nSPS) is 27.9. The van der Waals surface area contributed by atoms with Crippen molar-refractivity contribution >= 4 is 40.0 Å². The third-order valence-electron chi connectivity index (χ3n) is 8.14. The highest BCUT2D eigenvalue weighted by atomic mass is 16.5. The number of nitrogens with one attached hydrogen (secondary N) is 2. The first-order valence-corrected chi connectivity index (χ1v) is 13.4. The number of rotatable bonds is 6. The van der Waals surface area contributed by atoms with Gasteiger partial charge in [-0.3, -0.25) is 19.3 Å². The molecule has 39 heavy (non-hydrogen) atoms. The molecular weight excluding hydrogens is 500 g/mol. The van der Waals surface area contributed by atoms with Crippen molar-refractivity contribution in [2.75, 3.05) is 26.7 Å². The highest BCUT2D eigenvalue weighted by Crippen LogP contribution is 2.38. The third-order valence-corrected chi connectivity index (χ3v) is 8.14. The average Bonchev–Trinajstić information content (AvgIpc) is 3.65. The lowest BCUT2D eigenvalue weighted by Gasteiger charge is -2.32. The van der Waals surface area contributed by atoms with Crippen LogP contribution in [0, 0.1) is 17.3 Å². The van der Waals surface area contributed by atoms with Gasteiger partial charge >= 0.3 is 0 Å². The first-order valence-electron chi connectivity index (χ1n) is 13.4. The summed E-state index contributed by atoms with van der Waals surface area (Å²) < 4.78 is 14.6. The van der Waals surface area contributed by atoms with Crippen molar-refractivity contribution in [1.82, 2.24) is 30.4 Å². The summed E-state index contributed by atoms with van der Waals surface area (Å²) in [5, 5.41) is 17.8. The van der Waals surface area contributed by atoms with Crippen molar-refractivity contribution in [3.8, 4) is 5.88 Å². The second-order valence-corrected chi connectivity index (χ2v) is 11.3. The molecule has 2 aromatic rings. The number of carbonyl (C=O) groups is 2.